The van der Waals surface area contributed by atoms with Crippen LogP contribution >= 0.6 is 0 Å². The standard InChI is InChI=1S/C57H36N4O/c1-5-17-37(18-6-1)41-28-30-50-47(33-41)48-34-42(38-19-7-2-8-20-38)29-31-51(48)61(50)55-45(39-21-9-3-10-22-39)35-43(36-46(55)40-23-11-4-12-24-40)56-59-54(49-26-15-16-32-58-49)53-44-25-13-14-27-52(44)62-57(53)60-56/h1-36H. The van der Waals surface area contributed by atoms with E-state index in [0.29, 0.717) is 11.5 Å². The molecule has 0 bridgehead atoms. The molecule has 290 valence electrons. The Balaban J connectivity index is 1.19. The zero-order chi connectivity index (χ0) is 41.0. The van der Waals surface area contributed by atoms with Crippen LogP contribution in [0, 0.1) is 0 Å². The molecule has 0 saturated heterocycles. The fourth-order valence-corrected chi connectivity index (χ4v) is 9.00. The van der Waals surface area contributed by atoms with Crippen LogP contribution in [0.2, 0.25) is 0 Å². The summed E-state index contributed by atoms with van der Waals surface area (Å²) >= 11 is 0. The van der Waals surface area contributed by atoms with Gasteiger partial charge in [-0.05, 0) is 88.0 Å². The summed E-state index contributed by atoms with van der Waals surface area (Å²) < 4.78 is 8.95. The number of benzene rings is 8. The van der Waals surface area contributed by atoms with Gasteiger partial charge in [0.15, 0.2) is 5.82 Å². The highest BCUT2D eigenvalue weighted by atomic mass is 16.3. The highest BCUT2D eigenvalue weighted by molar-refractivity contribution is 6.13. The molecule has 0 amide bonds. The first-order valence-corrected chi connectivity index (χ1v) is 20.8. The molecule has 12 rings (SSSR count). The van der Waals surface area contributed by atoms with Crippen LogP contribution in [0.1, 0.15) is 0 Å². The Bertz CT molecular complexity index is 3440. The molecule has 5 nitrogen and oxygen atoms in total. The second-order valence-electron chi connectivity index (χ2n) is 15.6. The topological polar surface area (TPSA) is 56.7 Å². The Morgan fingerprint density at radius 3 is 1.45 bits per heavy atom. The molecular weight excluding hydrogens is 757 g/mol. The van der Waals surface area contributed by atoms with Crippen molar-refractivity contribution in [2.24, 2.45) is 0 Å². The summed E-state index contributed by atoms with van der Waals surface area (Å²) in [6, 6.07) is 74.8. The third-order valence-corrected chi connectivity index (χ3v) is 11.9. The van der Waals surface area contributed by atoms with Crippen molar-refractivity contribution >= 4 is 43.9 Å². The normalized spacial score (nSPS) is 11.5. The van der Waals surface area contributed by atoms with Crippen molar-refractivity contribution in [2.75, 3.05) is 0 Å². The Hall–Kier alpha value is -8.41. The Kier molecular flexibility index (Phi) is 8.42. The minimum Gasteiger partial charge on any atom is -0.438 e. The average Bonchev–Trinajstić information content (AvgIpc) is 3.89. The lowest BCUT2D eigenvalue weighted by atomic mass is 9.92. The molecule has 0 aliphatic carbocycles. The fraction of sp³-hybridized carbons (Fsp3) is 0. The predicted octanol–water partition coefficient (Wildman–Crippen LogP) is 14.9. The smallest absolute Gasteiger partial charge is 0.231 e. The summed E-state index contributed by atoms with van der Waals surface area (Å²) in [5, 5.41) is 4.17. The van der Waals surface area contributed by atoms with Crippen LogP contribution < -0.4 is 0 Å². The first-order chi connectivity index (χ1) is 30.7. The monoisotopic (exact) mass is 792 g/mol. The van der Waals surface area contributed by atoms with Crippen LogP contribution in [-0.4, -0.2) is 19.5 Å². The second kappa shape index (κ2) is 14.7. The van der Waals surface area contributed by atoms with Gasteiger partial charge < -0.3 is 8.98 Å². The summed E-state index contributed by atoms with van der Waals surface area (Å²) in [5.41, 5.74) is 15.9. The number of fused-ring (bicyclic) bond motifs is 6. The number of furan rings is 1. The highest BCUT2D eigenvalue weighted by Crippen LogP contribution is 2.45. The van der Waals surface area contributed by atoms with Crippen molar-refractivity contribution < 1.29 is 4.42 Å². The van der Waals surface area contributed by atoms with E-state index >= 15 is 0 Å². The molecule has 12 aromatic rings. The molecule has 0 aliphatic rings. The van der Waals surface area contributed by atoms with E-state index in [4.69, 9.17) is 19.4 Å². The van der Waals surface area contributed by atoms with E-state index in [1.54, 1.807) is 6.20 Å². The van der Waals surface area contributed by atoms with Gasteiger partial charge in [0.1, 0.15) is 11.3 Å². The van der Waals surface area contributed by atoms with E-state index in [1.165, 1.54) is 33.0 Å². The van der Waals surface area contributed by atoms with Crippen LogP contribution in [0.4, 0.5) is 0 Å². The number of hydrogen-bond donors (Lipinski definition) is 0. The molecule has 0 N–H and O–H groups in total. The molecule has 0 saturated carbocycles. The lowest BCUT2D eigenvalue weighted by molar-refractivity contribution is 0.653. The lowest BCUT2D eigenvalue weighted by Crippen LogP contribution is -2.03. The van der Waals surface area contributed by atoms with Crippen LogP contribution in [-0.2, 0) is 0 Å². The van der Waals surface area contributed by atoms with Crippen molar-refractivity contribution in [2.45, 2.75) is 0 Å². The molecule has 0 aliphatic heterocycles. The van der Waals surface area contributed by atoms with Crippen LogP contribution in [0.5, 0.6) is 0 Å². The van der Waals surface area contributed by atoms with Crippen molar-refractivity contribution in [3.05, 3.63) is 219 Å². The third-order valence-electron chi connectivity index (χ3n) is 11.9. The summed E-state index contributed by atoms with van der Waals surface area (Å²) in [5.74, 6) is 0.556. The molecule has 0 spiro atoms. The number of nitrogens with zero attached hydrogens (tertiary/aromatic N) is 4. The number of pyridine rings is 1. The van der Waals surface area contributed by atoms with Gasteiger partial charge in [0, 0.05) is 39.0 Å². The van der Waals surface area contributed by atoms with Gasteiger partial charge in [0.05, 0.1) is 27.8 Å². The Morgan fingerprint density at radius 1 is 0.387 bits per heavy atom. The summed E-state index contributed by atoms with van der Waals surface area (Å²) in [4.78, 5) is 15.3. The van der Waals surface area contributed by atoms with E-state index in [9.17, 15) is 0 Å². The maximum Gasteiger partial charge on any atom is 0.231 e. The van der Waals surface area contributed by atoms with Crippen LogP contribution in [0.15, 0.2) is 223 Å². The summed E-state index contributed by atoms with van der Waals surface area (Å²) in [6.45, 7) is 0. The van der Waals surface area contributed by atoms with E-state index < -0.39 is 0 Å². The van der Waals surface area contributed by atoms with E-state index in [2.05, 4.69) is 180 Å². The molecule has 0 radical (unpaired) electrons. The first kappa shape index (κ1) is 35.5. The fourth-order valence-electron chi connectivity index (χ4n) is 9.00. The van der Waals surface area contributed by atoms with Crippen molar-refractivity contribution in [3.8, 4) is 73.0 Å². The Labute approximate surface area is 357 Å². The number of para-hydroxylation sites is 1. The number of rotatable bonds is 7. The number of hydrogen-bond acceptors (Lipinski definition) is 4. The van der Waals surface area contributed by atoms with Gasteiger partial charge in [0.25, 0.3) is 0 Å². The summed E-state index contributed by atoms with van der Waals surface area (Å²) in [7, 11) is 0. The molecular formula is C57H36N4O. The zero-order valence-electron chi connectivity index (χ0n) is 33.5. The van der Waals surface area contributed by atoms with Gasteiger partial charge in [-0.15, -0.1) is 0 Å². The predicted molar refractivity (Wildman–Crippen MR) is 254 cm³/mol. The lowest BCUT2D eigenvalue weighted by Gasteiger charge is -2.21. The zero-order valence-corrected chi connectivity index (χ0v) is 33.5. The average molecular weight is 793 g/mol. The molecule has 4 heterocycles. The largest absolute Gasteiger partial charge is 0.438 e. The van der Waals surface area contributed by atoms with Gasteiger partial charge in [-0.2, -0.15) is 4.98 Å². The molecule has 62 heavy (non-hydrogen) atoms. The van der Waals surface area contributed by atoms with Gasteiger partial charge in [0.2, 0.25) is 5.71 Å². The SMILES string of the molecule is c1ccc(-c2ccc3c(c2)c2cc(-c4ccccc4)ccc2n3-c2c(-c3ccccc3)cc(-c3nc(-c4ccccn4)c4c(n3)oc3ccccc34)cc2-c2ccccc2)cc1. The van der Waals surface area contributed by atoms with Crippen LogP contribution in [0.3, 0.4) is 0 Å². The van der Waals surface area contributed by atoms with E-state index in [-0.39, 0.29) is 0 Å². The van der Waals surface area contributed by atoms with Crippen molar-refractivity contribution in [3.63, 3.8) is 0 Å². The molecule has 5 heteroatoms. The minimum atomic E-state index is 0.522. The van der Waals surface area contributed by atoms with Crippen LogP contribution in [0.25, 0.3) is 117 Å². The van der Waals surface area contributed by atoms with Crippen molar-refractivity contribution in [1.29, 1.82) is 0 Å². The highest BCUT2D eigenvalue weighted by Gasteiger charge is 2.25. The molecule has 0 atom stereocenters. The van der Waals surface area contributed by atoms with Gasteiger partial charge in [-0.25, -0.2) is 4.98 Å². The number of aromatic nitrogens is 4. The van der Waals surface area contributed by atoms with E-state index in [0.717, 1.165) is 72.3 Å². The minimum absolute atomic E-state index is 0.522. The quantitative estimate of drug-likeness (QED) is 0.161. The summed E-state index contributed by atoms with van der Waals surface area (Å²) in [6.07, 6.45) is 1.80. The van der Waals surface area contributed by atoms with E-state index in [1.807, 2.05) is 36.4 Å². The first-order valence-electron chi connectivity index (χ1n) is 20.8. The Morgan fingerprint density at radius 2 is 0.903 bits per heavy atom. The second-order valence-corrected chi connectivity index (χ2v) is 15.6. The van der Waals surface area contributed by atoms with Gasteiger partial charge >= 0.3 is 0 Å². The maximum atomic E-state index is 6.49. The molecule has 4 aromatic heterocycles. The molecule has 0 fully saturated rings. The molecule has 0 unspecified atom stereocenters. The van der Waals surface area contributed by atoms with Gasteiger partial charge in [-0.1, -0.05) is 158 Å². The van der Waals surface area contributed by atoms with Gasteiger partial charge in [-0.3, -0.25) is 4.98 Å². The maximum absolute atomic E-state index is 6.49. The molecule has 8 aromatic carbocycles. The van der Waals surface area contributed by atoms with Crippen molar-refractivity contribution in [1.82, 2.24) is 19.5 Å². The third kappa shape index (κ3) is 5.98.